The number of amides is 1. The summed E-state index contributed by atoms with van der Waals surface area (Å²) in [5.74, 6) is -0.483. The van der Waals surface area contributed by atoms with E-state index in [-0.39, 0.29) is 11.7 Å². The van der Waals surface area contributed by atoms with Gasteiger partial charge < -0.3 is 25.1 Å². The summed E-state index contributed by atoms with van der Waals surface area (Å²) in [6.07, 6.45) is 4.86. The number of rotatable bonds is 7. The zero-order valence-corrected chi connectivity index (χ0v) is 21.5. The molecule has 0 bridgehead atoms. The van der Waals surface area contributed by atoms with Crippen LogP contribution in [0.3, 0.4) is 0 Å². The van der Waals surface area contributed by atoms with Gasteiger partial charge in [-0.3, -0.25) is 18.4 Å². The van der Waals surface area contributed by atoms with E-state index >= 15 is 0 Å². The maximum Gasteiger partial charge on any atom is 0.415 e. The molecule has 1 atom stereocenters. The van der Waals surface area contributed by atoms with Crippen LogP contribution in [-0.4, -0.2) is 46.2 Å². The Labute approximate surface area is 225 Å². The molecule has 12 heteroatoms. The lowest BCUT2D eigenvalue weighted by Crippen LogP contribution is -2.08. The van der Waals surface area contributed by atoms with Crippen molar-refractivity contribution in [2.45, 2.75) is 19.8 Å². The summed E-state index contributed by atoms with van der Waals surface area (Å²) in [6.45, 7) is 1.92. The summed E-state index contributed by atoms with van der Waals surface area (Å²) in [6, 6.07) is 15.2. The molecule has 0 spiro atoms. The van der Waals surface area contributed by atoms with Crippen LogP contribution < -0.4 is 10.5 Å². The van der Waals surface area contributed by atoms with Crippen molar-refractivity contribution in [2.75, 3.05) is 4.72 Å². The molecule has 0 saturated heterocycles. The molecular formula is C27H24N5O6S-. The molecule has 0 radical (unpaired) electrons. The number of nitrogens with zero attached hydrogens (tertiary/aromatic N) is 2. The molecule has 5 aromatic rings. The second kappa shape index (κ2) is 11.7. The number of carbonyl (C=O) groups is 3. The lowest BCUT2D eigenvalue weighted by Gasteiger charge is -2.10. The Morgan fingerprint density at radius 1 is 1.08 bits per heavy atom. The molecule has 200 valence electrons. The quantitative estimate of drug-likeness (QED) is 0.172. The molecule has 0 aliphatic rings. The Morgan fingerprint density at radius 2 is 1.85 bits per heavy atom. The topological polar surface area (TPSA) is 183 Å². The molecule has 0 aliphatic heterocycles. The average Bonchev–Trinajstić information content (AvgIpc) is 3.52. The van der Waals surface area contributed by atoms with Gasteiger partial charge in [0.15, 0.2) is 5.78 Å². The molecule has 1 amide bonds. The predicted molar refractivity (Wildman–Crippen MR) is 147 cm³/mol. The number of hydrogen-bond donors (Lipinski definition) is 4. The molecule has 3 heterocycles. The van der Waals surface area contributed by atoms with Crippen molar-refractivity contribution < 1.29 is 28.3 Å². The molecule has 11 nitrogen and oxygen atoms in total. The fourth-order valence-electron chi connectivity index (χ4n) is 4.13. The van der Waals surface area contributed by atoms with Crippen LogP contribution in [0, 0.1) is 0 Å². The van der Waals surface area contributed by atoms with E-state index < -0.39 is 17.4 Å². The Hall–Kier alpha value is -4.81. The Morgan fingerprint density at radius 3 is 2.51 bits per heavy atom. The minimum Gasteiger partial charge on any atom is -0.755 e. The van der Waals surface area contributed by atoms with Gasteiger partial charge in [0.1, 0.15) is 5.65 Å². The summed E-state index contributed by atoms with van der Waals surface area (Å²) < 4.78 is 25.3. The number of pyridine rings is 1. The van der Waals surface area contributed by atoms with Crippen molar-refractivity contribution in [2.24, 2.45) is 5.73 Å². The first-order chi connectivity index (χ1) is 18.7. The molecule has 5 N–H and O–H groups in total. The van der Waals surface area contributed by atoms with Gasteiger partial charge in [-0.05, 0) is 42.3 Å². The third-order valence-electron chi connectivity index (χ3n) is 5.85. The fraction of sp³-hybridized carbons (Fsp3) is 0.111. The fourth-order valence-corrected chi connectivity index (χ4v) is 4.45. The largest absolute Gasteiger partial charge is 0.755 e. The van der Waals surface area contributed by atoms with Gasteiger partial charge >= 0.3 is 6.09 Å². The maximum absolute atomic E-state index is 13.5. The second-order valence-electron chi connectivity index (χ2n) is 8.49. The number of carboxylic acid groups (broad SMARTS) is 1. The van der Waals surface area contributed by atoms with Crippen LogP contribution in [-0.2, 0) is 16.1 Å². The highest BCUT2D eigenvalue weighted by atomic mass is 32.2. The predicted octanol–water partition coefficient (Wildman–Crippen LogP) is 4.42. The standard InChI is InChI=1S/C23H16N4O5S.C4H9NO/c28-21(17-5-2-6-20-16(17)7-8-27(20)23(29)30)19-12-25-22-18(19)10-14(11-24-22)13-3-1-4-15(9-13)26-33(31)32;1-2-3-4(5)6/h1-12,26H,(H,24,25)(H,29,30)(H,31,32);2-3H2,1H3,(H2,5,6)/p-1. The molecule has 0 saturated carbocycles. The van der Waals surface area contributed by atoms with Crippen molar-refractivity contribution in [3.8, 4) is 11.1 Å². The van der Waals surface area contributed by atoms with Crippen molar-refractivity contribution in [3.63, 3.8) is 0 Å². The van der Waals surface area contributed by atoms with Crippen LogP contribution in [0.1, 0.15) is 35.7 Å². The van der Waals surface area contributed by atoms with Gasteiger partial charge in [0.25, 0.3) is 0 Å². The summed E-state index contributed by atoms with van der Waals surface area (Å²) in [5, 5.41) is 10.5. The number of fused-ring (bicyclic) bond motifs is 2. The smallest absolute Gasteiger partial charge is 0.415 e. The zero-order chi connectivity index (χ0) is 28.1. The average molecular weight is 547 g/mol. The highest BCUT2D eigenvalue weighted by Gasteiger charge is 2.19. The van der Waals surface area contributed by atoms with E-state index in [2.05, 4.69) is 14.7 Å². The molecule has 0 aliphatic carbocycles. The number of nitrogens with two attached hydrogens (primary N) is 1. The lowest BCUT2D eigenvalue weighted by molar-refractivity contribution is -0.118. The van der Waals surface area contributed by atoms with E-state index in [4.69, 9.17) is 5.73 Å². The van der Waals surface area contributed by atoms with Gasteiger partial charge in [0, 0.05) is 69.4 Å². The molecule has 5 rings (SSSR count). The number of carbonyl (C=O) groups excluding carboxylic acids is 2. The van der Waals surface area contributed by atoms with Gasteiger partial charge in [-0.15, -0.1) is 0 Å². The zero-order valence-electron chi connectivity index (χ0n) is 20.7. The molecular weight excluding hydrogens is 522 g/mol. The Bertz CT molecular complexity index is 1720. The molecule has 0 fully saturated rings. The SMILES string of the molecule is CCCC(N)=O.O=C(c1c[nH]c2ncc(-c3cccc(NS(=O)[O-])c3)cc12)c1cccc2c1ccn2C(=O)O. The van der Waals surface area contributed by atoms with Crippen LogP contribution in [0.25, 0.3) is 33.1 Å². The Kier molecular flexibility index (Phi) is 8.18. The highest BCUT2D eigenvalue weighted by molar-refractivity contribution is 7.80. The number of anilines is 1. The first-order valence-corrected chi connectivity index (χ1v) is 12.9. The van der Waals surface area contributed by atoms with Crippen molar-refractivity contribution in [1.29, 1.82) is 0 Å². The number of aromatic amines is 1. The molecule has 2 aromatic carbocycles. The summed E-state index contributed by atoms with van der Waals surface area (Å²) in [7, 11) is 0. The number of H-pyrrole nitrogens is 1. The van der Waals surface area contributed by atoms with Crippen LogP contribution in [0.2, 0.25) is 0 Å². The third kappa shape index (κ3) is 6.03. The summed E-state index contributed by atoms with van der Waals surface area (Å²) in [5.41, 5.74) is 8.31. The first kappa shape index (κ1) is 27.2. The summed E-state index contributed by atoms with van der Waals surface area (Å²) >= 11 is -2.44. The highest BCUT2D eigenvalue weighted by Crippen LogP contribution is 2.29. The number of primary amides is 1. The van der Waals surface area contributed by atoms with Crippen LogP contribution in [0.5, 0.6) is 0 Å². The number of hydrogen-bond acceptors (Lipinski definition) is 6. The van der Waals surface area contributed by atoms with Gasteiger partial charge in [-0.1, -0.05) is 31.2 Å². The normalized spacial score (nSPS) is 11.5. The van der Waals surface area contributed by atoms with E-state index in [9.17, 15) is 28.3 Å². The number of ketones is 1. The lowest BCUT2D eigenvalue weighted by atomic mass is 9.99. The van der Waals surface area contributed by atoms with Crippen LogP contribution >= 0.6 is 0 Å². The minimum atomic E-state index is -2.44. The molecule has 1 unspecified atom stereocenters. The van der Waals surface area contributed by atoms with E-state index in [0.29, 0.717) is 50.7 Å². The second-order valence-corrected chi connectivity index (χ2v) is 9.17. The van der Waals surface area contributed by atoms with E-state index in [1.807, 2.05) is 19.1 Å². The monoisotopic (exact) mass is 546 g/mol. The van der Waals surface area contributed by atoms with E-state index in [1.54, 1.807) is 54.9 Å². The third-order valence-corrected chi connectivity index (χ3v) is 6.26. The van der Waals surface area contributed by atoms with E-state index in [0.717, 1.165) is 16.6 Å². The number of aromatic nitrogens is 3. The number of nitrogens with one attached hydrogen (secondary N) is 2. The van der Waals surface area contributed by atoms with E-state index in [1.165, 1.54) is 6.20 Å². The first-order valence-electron chi connectivity index (χ1n) is 11.8. The van der Waals surface area contributed by atoms with Gasteiger partial charge in [-0.25, -0.2) is 9.78 Å². The van der Waals surface area contributed by atoms with Crippen molar-refractivity contribution in [3.05, 3.63) is 84.3 Å². The van der Waals surface area contributed by atoms with Crippen LogP contribution in [0.15, 0.2) is 73.2 Å². The number of benzene rings is 2. The van der Waals surface area contributed by atoms with Crippen molar-refractivity contribution >= 4 is 56.7 Å². The molecule has 3 aromatic heterocycles. The minimum absolute atomic E-state index is 0.211. The molecule has 39 heavy (non-hydrogen) atoms. The van der Waals surface area contributed by atoms with Gasteiger partial charge in [0.2, 0.25) is 5.91 Å². The maximum atomic E-state index is 13.5. The summed E-state index contributed by atoms with van der Waals surface area (Å²) in [4.78, 5) is 42.1. The van der Waals surface area contributed by atoms with Crippen molar-refractivity contribution in [1.82, 2.24) is 14.5 Å². The van der Waals surface area contributed by atoms with Gasteiger partial charge in [-0.2, -0.15) is 0 Å². The van der Waals surface area contributed by atoms with Crippen LogP contribution in [0.4, 0.5) is 10.5 Å². The van der Waals surface area contributed by atoms with Gasteiger partial charge in [0.05, 0.1) is 5.52 Å². The Balaban J connectivity index is 0.000000531.